The maximum Gasteiger partial charge on any atom is 0.410 e. The monoisotopic (exact) mass is 819 g/mol. The molecule has 3 amide bonds. The first-order valence-corrected chi connectivity index (χ1v) is 23.2. The summed E-state index contributed by atoms with van der Waals surface area (Å²) in [7, 11) is 1.08. The molecule has 12 nitrogen and oxygen atoms in total. The Kier molecular flexibility index (Phi) is 11.8. The number of amides is 3. The second kappa shape index (κ2) is 16.7. The molecule has 1 aliphatic heterocycles. The van der Waals surface area contributed by atoms with Gasteiger partial charge < -0.3 is 20.1 Å². The molecule has 3 aromatic carbocycles. The number of nitrogens with one attached hydrogen (secondary N) is 2. The summed E-state index contributed by atoms with van der Waals surface area (Å²) in [6.07, 6.45) is 9.58. The predicted octanol–water partition coefficient (Wildman–Crippen LogP) is 7.95. The molecule has 59 heavy (non-hydrogen) atoms. The number of carbonyl (C=O) groups is 3. The van der Waals surface area contributed by atoms with Gasteiger partial charge in [0.2, 0.25) is 5.91 Å². The smallest absolute Gasteiger partial charge is 0.410 e. The number of carbonyl (C=O) groups excluding carboxylic acids is 3. The summed E-state index contributed by atoms with van der Waals surface area (Å²) >= 11 is 0. The summed E-state index contributed by atoms with van der Waals surface area (Å²) in [4.78, 5) is 42.7. The van der Waals surface area contributed by atoms with Crippen LogP contribution in [0.3, 0.4) is 0 Å². The van der Waals surface area contributed by atoms with Gasteiger partial charge in [-0.05, 0) is 129 Å². The molecule has 0 saturated heterocycles. The fourth-order valence-corrected chi connectivity index (χ4v) is 8.61. The largest absolute Gasteiger partial charge is 0.444 e. The van der Waals surface area contributed by atoms with Crippen molar-refractivity contribution in [3.8, 4) is 22.3 Å². The van der Waals surface area contributed by atoms with E-state index in [2.05, 4.69) is 70.9 Å². The quantitative estimate of drug-likeness (QED) is 0.122. The molecule has 2 N–H and O–H groups in total. The summed E-state index contributed by atoms with van der Waals surface area (Å²) in [5.74, 6) is 0.0972. The highest BCUT2D eigenvalue weighted by molar-refractivity contribution is 8.32. The standard InChI is InChI=1S/C46H57N7O5S/c1-29-41(30(2)53(50-29)28-57-22-23-59(7,8)9)32-14-17-37(18-15-32)48-44(55)42(49-43(54)40-20-21-47-51(40)6)38-19-16-31-10-11-34(25-39(31)38)33-12-13-35-26-52(27-36(35)24-33)45(56)58-46(3,4)5/h10-15,17-18,20-21,24-25,38,42H,16,19,22-23,26-28H2,1-9H3,(H,48,55)(H,49,54)/t38-,42+/m1/s1. The molecule has 312 valence electrons. The van der Waals surface area contributed by atoms with Crippen LogP contribution in [0.25, 0.3) is 22.3 Å². The van der Waals surface area contributed by atoms with Gasteiger partial charge in [0, 0.05) is 54.9 Å². The zero-order valence-electron chi connectivity index (χ0n) is 35.7. The first-order valence-electron chi connectivity index (χ1n) is 20.1. The Morgan fingerprint density at radius 1 is 0.898 bits per heavy atom. The van der Waals surface area contributed by atoms with Crippen molar-refractivity contribution in [3.05, 3.63) is 112 Å². The summed E-state index contributed by atoms with van der Waals surface area (Å²) < 4.78 is 15.0. The Morgan fingerprint density at radius 2 is 1.58 bits per heavy atom. The number of hydrogen-bond acceptors (Lipinski definition) is 7. The van der Waals surface area contributed by atoms with E-state index in [9.17, 15) is 14.4 Å². The average molecular weight is 820 g/mol. The summed E-state index contributed by atoms with van der Waals surface area (Å²) in [6.45, 7) is 11.7. The molecule has 0 radical (unpaired) electrons. The summed E-state index contributed by atoms with van der Waals surface area (Å²) in [5, 5.41) is 15.1. The highest BCUT2D eigenvalue weighted by Gasteiger charge is 2.37. The third kappa shape index (κ3) is 9.57. The number of aromatic nitrogens is 4. The second-order valence-electron chi connectivity index (χ2n) is 17.6. The van der Waals surface area contributed by atoms with Crippen LogP contribution in [0.15, 0.2) is 72.9 Å². The Balaban J connectivity index is 1.10. The normalized spacial score (nSPS) is 15.7. The maximum atomic E-state index is 14.4. The van der Waals surface area contributed by atoms with Gasteiger partial charge in [-0.1, -0.05) is 42.5 Å². The van der Waals surface area contributed by atoms with Gasteiger partial charge in [-0.25, -0.2) is 19.5 Å². The van der Waals surface area contributed by atoms with E-state index in [1.54, 1.807) is 24.2 Å². The van der Waals surface area contributed by atoms with Crippen molar-refractivity contribution in [1.29, 1.82) is 0 Å². The minimum absolute atomic E-state index is 0.276. The molecule has 0 fully saturated rings. The van der Waals surface area contributed by atoms with Gasteiger partial charge in [0.25, 0.3) is 5.91 Å². The zero-order valence-corrected chi connectivity index (χ0v) is 36.5. The predicted molar refractivity (Wildman–Crippen MR) is 235 cm³/mol. The number of ether oxygens (including phenoxy) is 2. The highest BCUT2D eigenvalue weighted by atomic mass is 32.3. The number of hydrogen-bond donors (Lipinski definition) is 2. The lowest BCUT2D eigenvalue weighted by atomic mass is 9.89. The van der Waals surface area contributed by atoms with Crippen molar-refractivity contribution < 1.29 is 23.9 Å². The number of nitrogens with zero attached hydrogens (tertiary/aromatic N) is 5. The molecular weight excluding hydrogens is 763 g/mol. The van der Waals surface area contributed by atoms with E-state index in [1.807, 2.05) is 63.6 Å². The Hall–Kier alpha value is -5.40. The SMILES string of the molecule is Cc1nn(COCCS(C)(C)C)c(C)c1-c1ccc(NC(=O)[C@@H](NC(=O)c2ccnn2C)[C@@H]2CCc3ccc(-c4ccc5c(c4)CN(C(=O)OC(C)(C)C)C5)cc32)cc1. The van der Waals surface area contributed by atoms with Crippen molar-refractivity contribution in [2.45, 2.75) is 84.8 Å². The average Bonchev–Trinajstić information content (AvgIpc) is 3.96. The summed E-state index contributed by atoms with van der Waals surface area (Å²) in [5.41, 5.74) is 10.8. The minimum Gasteiger partial charge on any atom is -0.444 e. The third-order valence-corrected chi connectivity index (χ3v) is 12.5. The molecule has 0 bridgehead atoms. The topological polar surface area (TPSA) is 133 Å². The molecule has 7 rings (SSSR count). The van der Waals surface area contributed by atoms with Gasteiger partial charge in [0.15, 0.2) is 0 Å². The molecule has 2 aliphatic rings. The van der Waals surface area contributed by atoms with Gasteiger partial charge in [-0.3, -0.25) is 19.2 Å². The molecule has 2 aromatic heterocycles. The van der Waals surface area contributed by atoms with Crippen LogP contribution in [0.4, 0.5) is 10.5 Å². The number of aryl methyl sites for hydroxylation is 3. The fourth-order valence-electron chi connectivity index (χ4n) is 7.99. The molecule has 0 spiro atoms. The first-order chi connectivity index (χ1) is 27.9. The van der Waals surface area contributed by atoms with Crippen LogP contribution in [0.2, 0.25) is 0 Å². The number of rotatable bonds is 12. The van der Waals surface area contributed by atoms with Crippen LogP contribution in [-0.4, -0.2) is 85.1 Å². The van der Waals surface area contributed by atoms with E-state index in [0.717, 1.165) is 68.1 Å². The summed E-state index contributed by atoms with van der Waals surface area (Å²) in [6, 6.07) is 21.2. The van der Waals surface area contributed by atoms with Crippen molar-refractivity contribution >= 4 is 33.6 Å². The van der Waals surface area contributed by atoms with Crippen molar-refractivity contribution in [1.82, 2.24) is 29.8 Å². The van der Waals surface area contributed by atoms with Crippen molar-refractivity contribution in [2.24, 2.45) is 7.05 Å². The van der Waals surface area contributed by atoms with E-state index >= 15 is 0 Å². The van der Waals surface area contributed by atoms with E-state index in [-0.39, 0.29) is 23.8 Å². The molecule has 1 aliphatic carbocycles. The highest BCUT2D eigenvalue weighted by Crippen LogP contribution is 2.40. The lowest BCUT2D eigenvalue weighted by Crippen LogP contribution is -2.47. The van der Waals surface area contributed by atoms with Gasteiger partial charge >= 0.3 is 6.09 Å². The minimum atomic E-state index is -0.862. The Bertz CT molecular complexity index is 2370. The van der Waals surface area contributed by atoms with Gasteiger partial charge in [0.1, 0.15) is 24.1 Å². The lowest BCUT2D eigenvalue weighted by Gasteiger charge is -2.25. The van der Waals surface area contributed by atoms with Gasteiger partial charge in [-0.2, -0.15) is 10.2 Å². The van der Waals surface area contributed by atoms with Gasteiger partial charge in [-0.15, -0.1) is 0 Å². The van der Waals surface area contributed by atoms with Crippen LogP contribution in [0.1, 0.15) is 77.2 Å². The lowest BCUT2D eigenvalue weighted by molar-refractivity contribution is -0.118. The molecule has 13 heteroatoms. The van der Waals surface area contributed by atoms with Crippen LogP contribution >= 0.6 is 10.0 Å². The van der Waals surface area contributed by atoms with E-state index in [4.69, 9.17) is 14.6 Å². The van der Waals surface area contributed by atoms with E-state index in [1.165, 1.54) is 4.68 Å². The van der Waals surface area contributed by atoms with Gasteiger partial charge in [0.05, 0.1) is 12.3 Å². The van der Waals surface area contributed by atoms with E-state index in [0.29, 0.717) is 44.2 Å². The molecule has 3 heterocycles. The van der Waals surface area contributed by atoms with Crippen LogP contribution in [0.5, 0.6) is 0 Å². The van der Waals surface area contributed by atoms with Crippen LogP contribution < -0.4 is 10.6 Å². The zero-order chi connectivity index (χ0) is 42.2. The molecule has 5 aromatic rings. The van der Waals surface area contributed by atoms with E-state index < -0.39 is 21.7 Å². The third-order valence-electron chi connectivity index (χ3n) is 11.1. The van der Waals surface area contributed by atoms with Crippen molar-refractivity contribution in [2.75, 3.05) is 36.4 Å². The second-order valence-corrected chi connectivity index (χ2v) is 22.2. The molecular formula is C46H57N7O5S. The Labute approximate surface area is 349 Å². The number of anilines is 1. The van der Waals surface area contributed by atoms with Crippen molar-refractivity contribution in [3.63, 3.8) is 0 Å². The van der Waals surface area contributed by atoms with Crippen LogP contribution in [-0.2, 0) is 47.6 Å². The number of fused-ring (bicyclic) bond motifs is 2. The van der Waals surface area contributed by atoms with Crippen LogP contribution in [0, 0.1) is 13.8 Å². The molecule has 0 saturated carbocycles. The molecule has 0 unspecified atom stereocenters. The molecule has 2 atom stereocenters. The first kappa shape index (κ1) is 41.7. The maximum absolute atomic E-state index is 14.4. The fraction of sp³-hybridized carbons (Fsp3) is 0.413. The number of benzene rings is 3. The Morgan fingerprint density at radius 3 is 2.25 bits per heavy atom.